The third-order valence-electron chi connectivity index (χ3n) is 2.74. The lowest BCUT2D eigenvalue weighted by atomic mass is 10.0. The fourth-order valence-electron chi connectivity index (χ4n) is 1.68. The first-order chi connectivity index (χ1) is 8.50. The average Bonchev–Trinajstić information content (AvgIpc) is 2.38. The Bertz CT molecular complexity index is 518. The normalized spacial score (nSPS) is 10.9. The van der Waals surface area contributed by atoms with Gasteiger partial charge < -0.3 is 5.73 Å². The van der Waals surface area contributed by atoms with Crippen LogP contribution < -0.4 is 5.73 Å². The van der Waals surface area contributed by atoms with Crippen molar-refractivity contribution in [3.8, 4) is 11.1 Å². The number of benzene rings is 2. The van der Waals surface area contributed by atoms with Gasteiger partial charge in [-0.05, 0) is 28.8 Å². The van der Waals surface area contributed by atoms with Crippen molar-refractivity contribution >= 4 is 12.4 Å². The molecule has 0 bridgehead atoms. The fraction of sp³-hybridized carbons (Fsp3) is 0.143. The van der Waals surface area contributed by atoms with Gasteiger partial charge in [0.2, 0.25) is 0 Å². The quantitative estimate of drug-likeness (QED) is 0.878. The smallest absolute Gasteiger partial charge is 0.326 e. The topological polar surface area (TPSA) is 26.0 Å². The average molecular weight is 288 g/mol. The Kier molecular flexibility index (Phi) is 4.97. The van der Waals surface area contributed by atoms with Crippen molar-refractivity contribution in [3.63, 3.8) is 0 Å². The Morgan fingerprint density at radius 3 is 1.58 bits per heavy atom. The molecule has 0 amide bonds. The molecule has 1 nitrogen and oxygen atoms in total. The summed E-state index contributed by atoms with van der Waals surface area (Å²) in [6.07, 6.45) is -4.29. The molecule has 2 rings (SSSR count). The summed E-state index contributed by atoms with van der Waals surface area (Å²) in [5, 5.41) is 0. The molecule has 0 aliphatic rings. The lowest BCUT2D eigenvalue weighted by Crippen LogP contribution is -2.04. The van der Waals surface area contributed by atoms with Crippen molar-refractivity contribution < 1.29 is 13.2 Å². The van der Waals surface area contributed by atoms with Gasteiger partial charge in [0, 0.05) is 6.54 Å². The standard InChI is InChI=1S/C14H12F3N.ClH/c15-14(16,17)13-7-5-12(6-8-13)11-3-1-10(9-18)2-4-11;/h1-8H,9,18H2;1H. The van der Waals surface area contributed by atoms with Crippen LogP contribution in [0.15, 0.2) is 48.5 Å². The molecule has 0 aromatic heterocycles. The highest BCUT2D eigenvalue weighted by atomic mass is 35.5. The van der Waals surface area contributed by atoms with Crippen LogP contribution in [0, 0.1) is 0 Å². The van der Waals surface area contributed by atoms with Crippen molar-refractivity contribution in [2.45, 2.75) is 12.7 Å². The number of nitrogens with two attached hydrogens (primary N) is 1. The summed E-state index contributed by atoms with van der Waals surface area (Å²) in [4.78, 5) is 0. The highest BCUT2D eigenvalue weighted by molar-refractivity contribution is 5.85. The van der Waals surface area contributed by atoms with E-state index in [4.69, 9.17) is 5.73 Å². The van der Waals surface area contributed by atoms with Gasteiger partial charge in [-0.2, -0.15) is 13.2 Å². The van der Waals surface area contributed by atoms with E-state index in [-0.39, 0.29) is 12.4 Å². The molecule has 0 aliphatic heterocycles. The predicted octanol–water partition coefficient (Wildman–Crippen LogP) is 4.25. The monoisotopic (exact) mass is 287 g/mol. The number of hydrogen-bond donors (Lipinski definition) is 1. The Morgan fingerprint density at radius 2 is 1.21 bits per heavy atom. The van der Waals surface area contributed by atoms with E-state index in [9.17, 15) is 13.2 Å². The highest BCUT2D eigenvalue weighted by Crippen LogP contribution is 2.30. The van der Waals surface area contributed by atoms with Crippen molar-refractivity contribution in [1.82, 2.24) is 0 Å². The van der Waals surface area contributed by atoms with Gasteiger partial charge in [0.1, 0.15) is 0 Å². The molecule has 0 aliphatic carbocycles. The third kappa shape index (κ3) is 3.72. The molecular weight excluding hydrogens is 275 g/mol. The predicted molar refractivity (Wildman–Crippen MR) is 72.0 cm³/mol. The molecule has 0 saturated heterocycles. The van der Waals surface area contributed by atoms with Crippen LogP contribution >= 0.6 is 12.4 Å². The molecule has 2 N–H and O–H groups in total. The van der Waals surface area contributed by atoms with Crippen LogP contribution in [0.1, 0.15) is 11.1 Å². The van der Waals surface area contributed by atoms with E-state index in [0.717, 1.165) is 28.8 Å². The zero-order chi connectivity index (χ0) is 13.2. The van der Waals surface area contributed by atoms with Crippen LogP contribution in [-0.2, 0) is 12.7 Å². The number of hydrogen-bond acceptors (Lipinski definition) is 1. The Balaban J connectivity index is 0.00000180. The lowest BCUT2D eigenvalue weighted by Gasteiger charge is -2.08. The van der Waals surface area contributed by atoms with Crippen molar-refractivity contribution in [2.24, 2.45) is 5.73 Å². The minimum absolute atomic E-state index is 0. The molecule has 19 heavy (non-hydrogen) atoms. The zero-order valence-electron chi connectivity index (χ0n) is 9.95. The van der Waals surface area contributed by atoms with E-state index < -0.39 is 11.7 Å². The largest absolute Gasteiger partial charge is 0.416 e. The second kappa shape index (κ2) is 6.08. The molecule has 0 fully saturated rings. The number of halogens is 4. The first-order valence-electron chi connectivity index (χ1n) is 5.47. The Morgan fingerprint density at radius 1 is 0.789 bits per heavy atom. The maximum absolute atomic E-state index is 12.4. The van der Waals surface area contributed by atoms with E-state index in [1.807, 2.05) is 24.3 Å². The molecule has 2 aromatic carbocycles. The van der Waals surface area contributed by atoms with E-state index in [0.29, 0.717) is 6.54 Å². The van der Waals surface area contributed by atoms with E-state index in [2.05, 4.69) is 0 Å². The zero-order valence-corrected chi connectivity index (χ0v) is 10.8. The molecule has 102 valence electrons. The van der Waals surface area contributed by atoms with E-state index in [1.165, 1.54) is 12.1 Å². The molecule has 0 radical (unpaired) electrons. The van der Waals surface area contributed by atoms with Gasteiger partial charge in [-0.1, -0.05) is 36.4 Å². The summed E-state index contributed by atoms with van der Waals surface area (Å²) in [6.45, 7) is 0.452. The van der Waals surface area contributed by atoms with Crippen LogP contribution in [0.3, 0.4) is 0 Å². The fourth-order valence-corrected chi connectivity index (χ4v) is 1.68. The number of alkyl halides is 3. The highest BCUT2D eigenvalue weighted by Gasteiger charge is 2.29. The van der Waals surface area contributed by atoms with Gasteiger partial charge >= 0.3 is 6.18 Å². The number of rotatable bonds is 2. The molecule has 0 atom stereocenters. The van der Waals surface area contributed by atoms with E-state index >= 15 is 0 Å². The van der Waals surface area contributed by atoms with Crippen LogP contribution in [0.2, 0.25) is 0 Å². The second-order valence-corrected chi connectivity index (χ2v) is 3.98. The van der Waals surface area contributed by atoms with Gasteiger partial charge in [0.05, 0.1) is 5.56 Å². The summed E-state index contributed by atoms with van der Waals surface area (Å²) >= 11 is 0. The maximum Gasteiger partial charge on any atom is 0.416 e. The minimum atomic E-state index is -4.29. The minimum Gasteiger partial charge on any atom is -0.326 e. The Hall–Kier alpha value is -1.52. The van der Waals surface area contributed by atoms with Gasteiger partial charge in [-0.25, -0.2) is 0 Å². The lowest BCUT2D eigenvalue weighted by molar-refractivity contribution is -0.137. The van der Waals surface area contributed by atoms with E-state index in [1.54, 1.807) is 0 Å². The van der Waals surface area contributed by atoms with Gasteiger partial charge in [-0.15, -0.1) is 12.4 Å². The summed E-state index contributed by atoms with van der Waals surface area (Å²) in [7, 11) is 0. The van der Waals surface area contributed by atoms with Crippen LogP contribution in [-0.4, -0.2) is 0 Å². The Labute approximate surface area is 115 Å². The summed E-state index contributed by atoms with van der Waals surface area (Å²) in [6, 6.07) is 12.6. The second-order valence-electron chi connectivity index (χ2n) is 3.98. The van der Waals surface area contributed by atoms with Gasteiger partial charge in [0.15, 0.2) is 0 Å². The first kappa shape index (κ1) is 15.5. The van der Waals surface area contributed by atoms with Crippen LogP contribution in [0.25, 0.3) is 11.1 Å². The maximum atomic E-state index is 12.4. The SMILES string of the molecule is Cl.NCc1ccc(-c2ccc(C(F)(F)F)cc2)cc1. The molecule has 0 spiro atoms. The van der Waals surface area contributed by atoms with Gasteiger partial charge in [0.25, 0.3) is 0 Å². The van der Waals surface area contributed by atoms with Crippen LogP contribution in [0.4, 0.5) is 13.2 Å². The first-order valence-corrected chi connectivity index (χ1v) is 5.47. The molecule has 0 saturated carbocycles. The summed E-state index contributed by atoms with van der Waals surface area (Å²) in [5.41, 5.74) is 7.47. The van der Waals surface area contributed by atoms with Gasteiger partial charge in [-0.3, -0.25) is 0 Å². The summed E-state index contributed by atoms with van der Waals surface area (Å²) in [5.74, 6) is 0. The molecule has 0 heterocycles. The molecule has 0 unspecified atom stereocenters. The molecular formula is C14H13ClF3N. The molecule has 5 heteroatoms. The molecule has 2 aromatic rings. The van der Waals surface area contributed by atoms with Crippen LogP contribution in [0.5, 0.6) is 0 Å². The van der Waals surface area contributed by atoms with Crippen molar-refractivity contribution in [2.75, 3.05) is 0 Å². The third-order valence-corrected chi connectivity index (χ3v) is 2.74. The van der Waals surface area contributed by atoms with Crippen molar-refractivity contribution in [1.29, 1.82) is 0 Å². The van der Waals surface area contributed by atoms with Crippen molar-refractivity contribution in [3.05, 3.63) is 59.7 Å². The summed E-state index contributed by atoms with van der Waals surface area (Å²) < 4.78 is 37.2.